The number of aryl methyl sites for hydroxylation is 1. The van der Waals surface area contributed by atoms with Crippen molar-refractivity contribution in [3.05, 3.63) is 21.4 Å². The van der Waals surface area contributed by atoms with Gasteiger partial charge in [0.15, 0.2) is 0 Å². The van der Waals surface area contributed by atoms with Crippen LogP contribution in [0.15, 0.2) is 5.38 Å². The highest BCUT2D eigenvalue weighted by atomic mass is 32.1. The van der Waals surface area contributed by atoms with Crippen LogP contribution in [0.2, 0.25) is 0 Å². The highest BCUT2D eigenvalue weighted by Crippen LogP contribution is 2.21. The predicted molar refractivity (Wildman–Crippen MR) is 43.0 cm³/mol. The molecule has 12 heavy (non-hydrogen) atoms. The van der Waals surface area contributed by atoms with Gasteiger partial charge in [0.1, 0.15) is 4.88 Å². The lowest BCUT2D eigenvalue weighted by Gasteiger charge is -1.93. The molecule has 0 bridgehead atoms. The van der Waals surface area contributed by atoms with E-state index < -0.39 is 11.9 Å². The van der Waals surface area contributed by atoms with E-state index in [1.54, 1.807) is 6.92 Å². The van der Waals surface area contributed by atoms with E-state index in [2.05, 4.69) is 0 Å². The molecule has 2 N–H and O–H groups in total. The molecule has 64 valence electrons. The van der Waals surface area contributed by atoms with Gasteiger partial charge in [-0.15, -0.1) is 11.3 Å². The molecule has 0 fully saturated rings. The Morgan fingerprint density at radius 1 is 1.33 bits per heavy atom. The molecular weight excluding hydrogens is 180 g/mol. The molecule has 0 atom stereocenters. The Balaban J connectivity index is 3.31. The van der Waals surface area contributed by atoms with Crippen molar-refractivity contribution in [3.63, 3.8) is 0 Å². The second kappa shape index (κ2) is 2.94. The number of aromatic carboxylic acids is 2. The molecule has 0 saturated carbocycles. The molecule has 5 heteroatoms. The molecule has 0 unspecified atom stereocenters. The van der Waals surface area contributed by atoms with E-state index in [9.17, 15) is 9.59 Å². The summed E-state index contributed by atoms with van der Waals surface area (Å²) in [5.74, 6) is -2.38. The molecule has 0 saturated heterocycles. The Morgan fingerprint density at radius 3 is 2.25 bits per heavy atom. The number of hydrogen-bond donors (Lipinski definition) is 2. The first-order valence-corrected chi connectivity index (χ1v) is 3.96. The third-order valence-corrected chi connectivity index (χ3v) is 2.47. The Hall–Kier alpha value is -1.36. The summed E-state index contributed by atoms with van der Waals surface area (Å²) in [6.45, 7) is 1.58. The second-order valence-corrected chi connectivity index (χ2v) is 3.11. The Bertz CT molecular complexity index is 339. The van der Waals surface area contributed by atoms with Crippen molar-refractivity contribution in [2.45, 2.75) is 6.92 Å². The zero-order valence-electron chi connectivity index (χ0n) is 6.20. The highest BCUT2D eigenvalue weighted by molar-refractivity contribution is 7.12. The van der Waals surface area contributed by atoms with Crippen LogP contribution in [0, 0.1) is 6.92 Å². The van der Waals surface area contributed by atoms with Crippen LogP contribution in [0.1, 0.15) is 25.6 Å². The number of thiophene rings is 1. The van der Waals surface area contributed by atoms with Gasteiger partial charge in [0.2, 0.25) is 0 Å². The van der Waals surface area contributed by atoms with Crippen LogP contribution in [0.4, 0.5) is 0 Å². The summed E-state index contributed by atoms with van der Waals surface area (Å²) < 4.78 is 0. The SMILES string of the molecule is Cc1csc(C(=O)O)c1C(=O)O. The fraction of sp³-hybridized carbons (Fsp3) is 0.143. The van der Waals surface area contributed by atoms with Crippen LogP contribution in [-0.2, 0) is 0 Å². The van der Waals surface area contributed by atoms with Crippen LogP contribution < -0.4 is 0 Å². The first kappa shape index (κ1) is 8.73. The summed E-state index contributed by atoms with van der Waals surface area (Å²) in [4.78, 5) is 20.9. The van der Waals surface area contributed by atoms with Crippen LogP contribution in [-0.4, -0.2) is 22.2 Å². The van der Waals surface area contributed by atoms with Crippen LogP contribution >= 0.6 is 11.3 Å². The minimum Gasteiger partial charge on any atom is -0.478 e. The standard InChI is InChI=1S/C7H6O4S/c1-3-2-12-5(7(10)11)4(3)6(8)9/h2H,1H3,(H,8,9)(H,10,11). The van der Waals surface area contributed by atoms with Gasteiger partial charge in [-0.25, -0.2) is 9.59 Å². The minimum atomic E-state index is -1.19. The van der Waals surface area contributed by atoms with E-state index in [4.69, 9.17) is 10.2 Å². The maximum Gasteiger partial charge on any atom is 0.346 e. The quantitative estimate of drug-likeness (QED) is 0.733. The molecule has 0 radical (unpaired) electrons. The lowest BCUT2D eigenvalue weighted by molar-refractivity contribution is 0.0655. The number of carboxylic acid groups (broad SMARTS) is 2. The van der Waals surface area contributed by atoms with Gasteiger partial charge in [-0.05, 0) is 17.9 Å². The summed E-state index contributed by atoms with van der Waals surface area (Å²) in [6.07, 6.45) is 0. The van der Waals surface area contributed by atoms with Crippen molar-refractivity contribution in [2.24, 2.45) is 0 Å². The lowest BCUT2D eigenvalue weighted by atomic mass is 10.2. The molecule has 0 amide bonds. The molecule has 0 aromatic carbocycles. The summed E-state index contributed by atoms with van der Waals surface area (Å²) >= 11 is 0.932. The maximum atomic E-state index is 10.6. The molecule has 1 heterocycles. The van der Waals surface area contributed by atoms with E-state index in [0.29, 0.717) is 5.56 Å². The molecule has 1 rings (SSSR count). The molecule has 0 aliphatic rings. The van der Waals surface area contributed by atoms with Crippen molar-refractivity contribution >= 4 is 23.3 Å². The van der Waals surface area contributed by atoms with Crippen molar-refractivity contribution in [3.8, 4) is 0 Å². The summed E-state index contributed by atoms with van der Waals surface area (Å²) in [7, 11) is 0. The molecule has 0 spiro atoms. The van der Waals surface area contributed by atoms with Crippen molar-refractivity contribution in [2.75, 3.05) is 0 Å². The number of carbonyl (C=O) groups is 2. The predicted octanol–water partition coefficient (Wildman–Crippen LogP) is 1.45. The number of carboxylic acids is 2. The van der Waals surface area contributed by atoms with E-state index in [1.807, 2.05) is 0 Å². The van der Waals surface area contributed by atoms with E-state index >= 15 is 0 Å². The van der Waals surface area contributed by atoms with E-state index in [-0.39, 0.29) is 10.4 Å². The molecule has 1 aromatic rings. The molecule has 0 aliphatic carbocycles. The summed E-state index contributed by atoms with van der Waals surface area (Å²) in [5.41, 5.74) is 0.386. The number of rotatable bonds is 2. The second-order valence-electron chi connectivity index (χ2n) is 2.23. The van der Waals surface area contributed by atoms with Gasteiger partial charge in [-0.2, -0.15) is 0 Å². The average Bonchev–Trinajstić information content (AvgIpc) is 2.30. The van der Waals surface area contributed by atoms with Crippen LogP contribution in [0.5, 0.6) is 0 Å². The average molecular weight is 186 g/mol. The van der Waals surface area contributed by atoms with Gasteiger partial charge in [0.05, 0.1) is 5.56 Å². The third kappa shape index (κ3) is 1.31. The summed E-state index contributed by atoms with van der Waals surface area (Å²) in [5, 5.41) is 18.7. The monoisotopic (exact) mass is 186 g/mol. The fourth-order valence-corrected chi connectivity index (χ4v) is 1.75. The third-order valence-electron chi connectivity index (χ3n) is 1.38. The fourth-order valence-electron chi connectivity index (χ4n) is 0.867. The Labute approximate surface area is 72.1 Å². The van der Waals surface area contributed by atoms with Gasteiger partial charge in [0, 0.05) is 0 Å². The van der Waals surface area contributed by atoms with Gasteiger partial charge in [0.25, 0.3) is 0 Å². The zero-order valence-corrected chi connectivity index (χ0v) is 7.01. The topological polar surface area (TPSA) is 74.6 Å². The van der Waals surface area contributed by atoms with Crippen molar-refractivity contribution in [1.82, 2.24) is 0 Å². The normalized spacial score (nSPS) is 9.75. The highest BCUT2D eigenvalue weighted by Gasteiger charge is 2.20. The van der Waals surface area contributed by atoms with Gasteiger partial charge >= 0.3 is 11.9 Å². The first-order chi connectivity index (χ1) is 5.54. The van der Waals surface area contributed by atoms with Gasteiger partial charge < -0.3 is 10.2 Å². The van der Waals surface area contributed by atoms with Crippen LogP contribution in [0.3, 0.4) is 0 Å². The molecule has 0 aliphatic heterocycles. The van der Waals surface area contributed by atoms with E-state index in [1.165, 1.54) is 5.38 Å². The van der Waals surface area contributed by atoms with Gasteiger partial charge in [-0.1, -0.05) is 0 Å². The lowest BCUT2D eigenvalue weighted by Crippen LogP contribution is -2.05. The Kier molecular flexibility index (Phi) is 2.14. The maximum absolute atomic E-state index is 10.6. The summed E-state index contributed by atoms with van der Waals surface area (Å²) in [6, 6.07) is 0. The molecule has 1 aromatic heterocycles. The first-order valence-electron chi connectivity index (χ1n) is 3.08. The largest absolute Gasteiger partial charge is 0.478 e. The Morgan fingerprint density at radius 2 is 1.92 bits per heavy atom. The van der Waals surface area contributed by atoms with Gasteiger partial charge in [-0.3, -0.25) is 0 Å². The smallest absolute Gasteiger partial charge is 0.346 e. The minimum absolute atomic E-state index is 0.104. The van der Waals surface area contributed by atoms with Crippen molar-refractivity contribution < 1.29 is 19.8 Å². The molecular formula is C7H6O4S. The van der Waals surface area contributed by atoms with Crippen molar-refractivity contribution in [1.29, 1.82) is 0 Å². The number of hydrogen-bond acceptors (Lipinski definition) is 3. The van der Waals surface area contributed by atoms with Crippen LogP contribution in [0.25, 0.3) is 0 Å². The van der Waals surface area contributed by atoms with E-state index in [0.717, 1.165) is 11.3 Å². The zero-order chi connectivity index (χ0) is 9.30. The molecule has 4 nitrogen and oxygen atoms in total.